The summed E-state index contributed by atoms with van der Waals surface area (Å²) in [4.78, 5) is 22.9. The summed E-state index contributed by atoms with van der Waals surface area (Å²) >= 11 is 0. The van der Waals surface area contributed by atoms with Crippen LogP contribution < -0.4 is 9.44 Å². The Kier molecular flexibility index (Phi) is 10.1. The number of hydrogen-bond acceptors (Lipinski definition) is 8. The molecule has 2 amide bonds. The summed E-state index contributed by atoms with van der Waals surface area (Å²) in [5.74, 6) is 0. The number of carbonyl (C=O) groups is 2. The minimum absolute atomic E-state index is 0.0268. The van der Waals surface area contributed by atoms with Crippen molar-refractivity contribution >= 4 is 32.2 Å². The first kappa shape index (κ1) is 30.9. The van der Waals surface area contributed by atoms with Gasteiger partial charge in [-0.25, -0.2) is 35.9 Å². The van der Waals surface area contributed by atoms with Gasteiger partial charge < -0.3 is 9.47 Å². The Hall–Kier alpha value is -3.12. The third-order valence-corrected chi connectivity index (χ3v) is 6.55. The summed E-state index contributed by atoms with van der Waals surface area (Å²) < 4.78 is 60.8. The average Bonchev–Trinajstić information content (AvgIpc) is 2.65. The van der Waals surface area contributed by atoms with Gasteiger partial charge in [-0.05, 0) is 79.7 Å². The highest BCUT2D eigenvalue weighted by molar-refractivity contribution is 7.90. The van der Waals surface area contributed by atoms with Crippen LogP contribution in [-0.2, 0) is 29.5 Å². The molecule has 12 heteroatoms. The lowest BCUT2D eigenvalue weighted by Crippen LogP contribution is -2.36. The lowest BCUT2D eigenvalue weighted by atomic mass is 10.2. The van der Waals surface area contributed by atoms with Crippen molar-refractivity contribution in [1.82, 2.24) is 9.44 Å². The Balaban J connectivity index is 0.000000360. The van der Waals surface area contributed by atoms with E-state index in [-0.39, 0.29) is 9.79 Å². The quantitative estimate of drug-likeness (QED) is 0.578. The van der Waals surface area contributed by atoms with Crippen molar-refractivity contribution in [2.24, 2.45) is 0 Å². The monoisotopic (exact) mass is 542 g/mol. The zero-order valence-corrected chi connectivity index (χ0v) is 23.3. The van der Waals surface area contributed by atoms with Gasteiger partial charge in [0.15, 0.2) is 0 Å². The Bertz CT molecular complexity index is 1150. The summed E-state index contributed by atoms with van der Waals surface area (Å²) in [6.07, 6.45) is -1.97. The van der Waals surface area contributed by atoms with Gasteiger partial charge in [-0.2, -0.15) is 0 Å². The Morgan fingerprint density at radius 1 is 0.583 bits per heavy atom. The molecular weight excluding hydrogens is 508 g/mol. The number of ether oxygens (including phenoxy) is 2. The number of aryl methyl sites for hydroxylation is 2. The van der Waals surface area contributed by atoms with Gasteiger partial charge in [0.25, 0.3) is 20.0 Å². The Morgan fingerprint density at radius 2 is 0.833 bits per heavy atom. The van der Waals surface area contributed by atoms with Crippen LogP contribution in [0.25, 0.3) is 0 Å². The van der Waals surface area contributed by atoms with Crippen molar-refractivity contribution in [1.29, 1.82) is 0 Å². The molecule has 0 fully saturated rings. The third-order valence-electron chi connectivity index (χ3n) is 3.90. The second-order valence-corrected chi connectivity index (χ2v) is 13.2. The van der Waals surface area contributed by atoms with Crippen molar-refractivity contribution in [3.05, 3.63) is 59.7 Å². The van der Waals surface area contributed by atoms with E-state index >= 15 is 0 Å². The summed E-state index contributed by atoms with van der Waals surface area (Å²) in [7, 11) is -7.75. The van der Waals surface area contributed by atoms with Crippen LogP contribution >= 0.6 is 0 Å². The molecule has 10 nitrogen and oxygen atoms in total. The molecule has 2 N–H and O–H groups in total. The summed E-state index contributed by atoms with van der Waals surface area (Å²) in [6, 6.07) is 12.4. The number of nitrogens with one attached hydrogen (secondary N) is 2. The Labute approximate surface area is 213 Å². The van der Waals surface area contributed by atoms with Crippen molar-refractivity contribution in [3.8, 4) is 0 Å². The molecule has 2 aromatic carbocycles. The molecule has 0 saturated heterocycles. The molecular formula is C24H34N2O8S2. The van der Waals surface area contributed by atoms with Crippen LogP contribution in [0.2, 0.25) is 0 Å². The van der Waals surface area contributed by atoms with E-state index < -0.39 is 43.4 Å². The molecule has 0 spiro atoms. The average molecular weight is 543 g/mol. The van der Waals surface area contributed by atoms with E-state index in [2.05, 4.69) is 0 Å². The normalized spacial score (nSPS) is 12.0. The lowest BCUT2D eigenvalue weighted by Gasteiger charge is -2.19. The van der Waals surface area contributed by atoms with E-state index in [4.69, 9.17) is 9.47 Å². The minimum atomic E-state index is -3.87. The second-order valence-electron chi connectivity index (χ2n) is 9.84. The Morgan fingerprint density at radius 3 is 1.06 bits per heavy atom. The predicted octanol–water partition coefficient (Wildman–Crippen LogP) is 4.42. The molecule has 2 rings (SSSR count). The third kappa shape index (κ3) is 11.5. The van der Waals surface area contributed by atoms with Crippen LogP contribution in [0.1, 0.15) is 52.7 Å². The molecule has 0 aliphatic rings. The van der Waals surface area contributed by atoms with Crippen LogP contribution in [0.15, 0.2) is 58.3 Å². The highest BCUT2D eigenvalue weighted by atomic mass is 32.2. The first-order chi connectivity index (χ1) is 16.2. The van der Waals surface area contributed by atoms with E-state index in [9.17, 15) is 26.4 Å². The molecule has 0 unspecified atom stereocenters. The lowest BCUT2D eigenvalue weighted by molar-refractivity contribution is 0.0557. The van der Waals surface area contributed by atoms with Crippen molar-refractivity contribution in [3.63, 3.8) is 0 Å². The van der Waals surface area contributed by atoms with Crippen molar-refractivity contribution in [2.45, 2.75) is 76.4 Å². The first-order valence-electron chi connectivity index (χ1n) is 10.9. The number of carbonyl (C=O) groups excluding carboxylic acids is 2. The van der Waals surface area contributed by atoms with Gasteiger partial charge in [0, 0.05) is 0 Å². The maximum atomic E-state index is 11.8. The summed E-state index contributed by atoms with van der Waals surface area (Å²) in [5, 5.41) is 0. The molecule has 200 valence electrons. The van der Waals surface area contributed by atoms with E-state index in [1.165, 1.54) is 24.3 Å². The highest BCUT2D eigenvalue weighted by Crippen LogP contribution is 2.13. The highest BCUT2D eigenvalue weighted by Gasteiger charge is 2.23. The number of rotatable bonds is 4. The summed E-state index contributed by atoms with van der Waals surface area (Å²) in [5.41, 5.74) is 0.386. The van der Waals surface area contributed by atoms with Gasteiger partial charge in [0.05, 0.1) is 9.79 Å². The molecule has 0 heterocycles. The molecule has 0 saturated carbocycles. The molecule has 0 aromatic heterocycles. The molecule has 0 atom stereocenters. The molecule has 0 aliphatic heterocycles. The molecule has 0 aliphatic carbocycles. The van der Waals surface area contributed by atoms with Crippen LogP contribution in [0.3, 0.4) is 0 Å². The largest absolute Gasteiger partial charge is 0.443 e. The fourth-order valence-electron chi connectivity index (χ4n) is 2.37. The molecule has 0 bridgehead atoms. The van der Waals surface area contributed by atoms with Crippen LogP contribution in [0.4, 0.5) is 9.59 Å². The zero-order chi connectivity index (χ0) is 27.9. The van der Waals surface area contributed by atoms with Gasteiger partial charge in [0.1, 0.15) is 11.2 Å². The van der Waals surface area contributed by atoms with Gasteiger partial charge >= 0.3 is 12.2 Å². The fourth-order valence-corrected chi connectivity index (χ4v) is 4.12. The molecule has 0 radical (unpaired) electrons. The maximum absolute atomic E-state index is 11.8. The number of benzene rings is 2. The van der Waals surface area contributed by atoms with Gasteiger partial charge in [0.2, 0.25) is 0 Å². The van der Waals surface area contributed by atoms with Crippen LogP contribution in [0, 0.1) is 13.8 Å². The number of sulfonamides is 2. The smallest absolute Gasteiger partial charge is 0.421 e. The zero-order valence-electron chi connectivity index (χ0n) is 21.7. The van der Waals surface area contributed by atoms with Gasteiger partial charge in [-0.3, -0.25) is 0 Å². The predicted molar refractivity (Wildman–Crippen MR) is 135 cm³/mol. The van der Waals surface area contributed by atoms with Crippen molar-refractivity contribution in [2.75, 3.05) is 0 Å². The number of amides is 2. The van der Waals surface area contributed by atoms with Crippen molar-refractivity contribution < 1.29 is 35.9 Å². The van der Waals surface area contributed by atoms with E-state index in [0.717, 1.165) is 11.1 Å². The molecule has 2 aromatic rings. The maximum Gasteiger partial charge on any atom is 0.421 e. The molecule has 36 heavy (non-hydrogen) atoms. The standard InChI is InChI=1S/2C12H17NO4S/c2*1-9-5-7-10(8-6-9)18(15,16)13-11(14)17-12(2,3)4/h2*5-8H,1-4H3,(H,13,14). The first-order valence-corrected chi connectivity index (χ1v) is 13.8. The summed E-state index contributed by atoms with van der Waals surface area (Å²) in [6.45, 7) is 13.6. The SMILES string of the molecule is Cc1ccc(S(=O)(=O)NC(=O)OC(C)(C)C)cc1.Cc1ccc(S(=O)(=O)NC(=O)OC(C)(C)C)cc1. The minimum Gasteiger partial charge on any atom is -0.443 e. The van der Waals surface area contributed by atoms with E-state index in [1.54, 1.807) is 65.8 Å². The number of hydrogen-bond donors (Lipinski definition) is 2. The van der Waals surface area contributed by atoms with E-state index in [1.807, 2.05) is 23.3 Å². The van der Waals surface area contributed by atoms with Gasteiger partial charge in [-0.1, -0.05) is 35.4 Å². The van der Waals surface area contributed by atoms with Crippen LogP contribution in [0.5, 0.6) is 0 Å². The topological polar surface area (TPSA) is 145 Å². The fraction of sp³-hybridized carbons (Fsp3) is 0.417. The second kappa shape index (κ2) is 11.7. The van der Waals surface area contributed by atoms with Crippen LogP contribution in [-0.4, -0.2) is 40.2 Å². The van der Waals surface area contributed by atoms with Gasteiger partial charge in [-0.15, -0.1) is 0 Å². The van der Waals surface area contributed by atoms with E-state index in [0.29, 0.717) is 0 Å².